The molecule has 3 nitrogen and oxygen atoms in total. The summed E-state index contributed by atoms with van der Waals surface area (Å²) in [5.41, 5.74) is 0.842. The molecule has 0 aliphatic heterocycles. The second kappa shape index (κ2) is 5.94. The summed E-state index contributed by atoms with van der Waals surface area (Å²) in [4.78, 5) is 8.49. The SMILES string of the molecule is CCCNc1nc(C)nc(-c2c(F)cccc2F)c1C. The third kappa shape index (κ3) is 2.76. The van der Waals surface area contributed by atoms with Gasteiger partial charge in [0.2, 0.25) is 0 Å². The minimum atomic E-state index is -0.618. The first kappa shape index (κ1) is 14.4. The Labute approximate surface area is 117 Å². The highest BCUT2D eigenvalue weighted by atomic mass is 19.1. The fourth-order valence-corrected chi connectivity index (χ4v) is 2.01. The van der Waals surface area contributed by atoms with Crippen molar-refractivity contribution in [3.05, 3.63) is 41.2 Å². The maximum atomic E-state index is 13.9. The van der Waals surface area contributed by atoms with E-state index in [-0.39, 0.29) is 5.56 Å². The Balaban J connectivity index is 2.59. The molecule has 1 aromatic carbocycles. The Morgan fingerprint density at radius 1 is 1.10 bits per heavy atom. The predicted octanol–water partition coefficient (Wildman–Crippen LogP) is 3.86. The molecule has 1 aromatic heterocycles. The van der Waals surface area contributed by atoms with Crippen LogP contribution < -0.4 is 5.32 Å². The van der Waals surface area contributed by atoms with Crippen molar-refractivity contribution in [3.63, 3.8) is 0 Å². The summed E-state index contributed by atoms with van der Waals surface area (Å²) in [5, 5.41) is 3.16. The Bertz CT molecular complexity index is 607. The number of nitrogens with one attached hydrogen (secondary N) is 1. The van der Waals surface area contributed by atoms with Gasteiger partial charge in [0, 0.05) is 12.1 Å². The molecule has 0 aliphatic carbocycles. The molecule has 20 heavy (non-hydrogen) atoms. The van der Waals surface area contributed by atoms with Crippen molar-refractivity contribution in [1.29, 1.82) is 0 Å². The van der Waals surface area contributed by atoms with Crippen LogP contribution in [0.5, 0.6) is 0 Å². The van der Waals surface area contributed by atoms with Gasteiger partial charge in [-0.2, -0.15) is 0 Å². The molecule has 0 amide bonds. The summed E-state index contributed by atoms with van der Waals surface area (Å²) in [5.74, 6) is -0.135. The molecular formula is C15H17F2N3. The molecule has 1 N–H and O–H groups in total. The van der Waals surface area contributed by atoms with E-state index in [1.807, 2.05) is 6.92 Å². The molecule has 0 atom stereocenters. The van der Waals surface area contributed by atoms with E-state index < -0.39 is 11.6 Å². The summed E-state index contributed by atoms with van der Waals surface area (Å²) in [6.45, 7) is 6.25. The Morgan fingerprint density at radius 3 is 2.35 bits per heavy atom. The number of benzene rings is 1. The smallest absolute Gasteiger partial charge is 0.135 e. The monoisotopic (exact) mass is 277 g/mol. The summed E-state index contributed by atoms with van der Waals surface area (Å²) in [6.07, 6.45) is 0.936. The first-order valence-corrected chi connectivity index (χ1v) is 6.58. The number of anilines is 1. The lowest BCUT2D eigenvalue weighted by atomic mass is 10.1. The molecule has 0 spiro atoms. The molecule has 2 aromatic rings. The molecule has 1 heterocycles. The van der Waals surface area contributed by atoms with Gasteiger partial charge in [-0.1, -0.05) is 13.0 Å². The number of hydrogen-bond donors (Lipinski definition) is 1. The van der Waals surface area contributed by atoms with E-state index in [2.05, 4.69) is 15.3 Å². The first-order chi connectivity index (χ1) is 9.54. The molecule has 0 bridgehead atoms. The van der Waals surface area contributed by atoms with Crippen molar-refractivity contribution in [1.82, 2.24) is 9.97 Å². The second-order valence-corrected chi connectivity index (χ2v) is 4.62. The highest BCUT2D eigenvalue weighted by Crippen LogP contribution is 2.30. The average Bonchev–Trinajstić information content (AvgIpc) is 2.40. The van der Waals surface area contributed by atoms with Crippen LogP contribution in [-0.2, 0) is 0 Å². The van der Waals surface area contributed by atoms with Crippen LogP contribution in [0.4, 0.5) is 14.6 Å². The van der Waals surface area contributed by atoms with E-state index in [9.17, 15) is 8.78 Å². The van der Waals surface area contributed by atoms with E-state index in [0.717, 1.165) is 13.0 Å². The Hall–Kier alpha value is -2.04. The molecule has 0 fully saturated rings. The lowest BCUT2D eigenvalue weighted by molar-refractivity contribution is 0.588. The van der Waals surface area contributed by atoms with Gasteiger partial charge in [-0.05, 0) is 32.4 Å². The topological polar surface area (TPSA) is 37.8 Å². The van der Waals surface area contributed by atoms with E-state index in [1.54, 1.807) is 13.8 Å². The van der Waals surface area contributed by atoms with Gasteiger partial charge in [0.25, 0.3) is 0 Å². The van der Waals surface area contributed by atoms with Gasteiger partial charge in [-0.25, -0.2) is 18.7 Å². The molecule has 106 valence electrons. The summed E-state index contributed by atoms with van der Waals surface area (Å²) >= 11 is 0. The quantitative estimate of drug-likeness (QED) is 0.922. The number of nitrogens with zero attached hydrogens (tertiary/aromatic N) is 2. The van der Waals surface area contributed by atoms with Crippen LogP contribution in [0.2, 0.25) is 0 Å². The van der Waals surface area contributed by atoms with Crippen molar-refractivity contribution < 1.29 is 8.78 Å². The van der Waals surface area contributed by atoms with Crippen molar-refractivity contribution >= 4 is 5.82 Å². The number of halogens is 2. The molecule has 0 saturated heterocycles. The number of hydrogen-bond acceptors (Lipinski definition) is 3. The summed E-state index contributed by atoms with van der Waals surface area (Å²) in [7, 11) is 0. The van der Waals surface area contributed by atoms with E-state index >= 15 is 0 Å². The Kier molecular flexibility index (Phi) is 4.27. The lowest BCUT2D eigenvalue weighted by Crippen LogP contribution is -2.08. The maximum Gasteiger partial charge on any atom is 0.135 e. The van der Waals surface area contributed by atoms with E-state index in [1.165, 1.54) is 18.2 Å². The zero-order valence-corrected chi connectivity index (χ0v) is 11.8. The van der Waals surface area contributed by atoms with Crippen LogP contribution in [0, 0.1) is 25.5 Å². The fourth-order valence-electron chi connectivity index (χ4n) is 2.01. The molecule has 0 saturated carbocycles. The van der Waals surface area contributed by atoms with Gasteiger partial charge in [-0.3, -0.25) is 0 Å². The zero-order chi connectivity index (χ0) is 14.7. The van der Waals surface area contributed by atoms with Crippen LogP contribution in [-0.4, -0.2) is 16.5 Å². The van der Waals surface area contributed by atoms with Crippen LogP contribution in [0.3, 0.4) is 0 Å². The van der Waals surface area contributed by atoms with Gasteiger partial charge in [0.1, 0.15) is 23.3 Å². The van der Waals surface area contributed by atoms with Crippen LogP contribution in [0.15, 0.2) is 18.2 Å². The second-order valence-electron chi connectivity index (χ2n) is 4.62. The van der Waals surface area contributed by atoms with Crippen LogP contribution in [0.1, 0.15) is 24.7 Å². The summed E-state index contributed by atoms with van der Waals surface area (Å²) in [6, 6.07) is 3.80. The van der Waals surface area contributed by atoms with Gasteiger partial charge < -0.3 is 5.32 Å². The predicted molar refractivity (Wildman–Crippen MR) is 75.6 cm³/mol. The zero-order valence-electron chi connectivity index (χ0n) is 11.8. The standard InChI is InChI=1S/C15H17F2N3/c1-4-8-18-15-9(2)14(19-10(3)20-15)13-11(16)6-5-7-12(13)17/h5-7H,4,8H2,1-3H3,(H,18,19,20). The third-order valence-electron chi connectivity index (χ3n) is 3.00. The highest BCUT2D eigenvalue weighted by Gasteiger charge is 2.17. The minimum absolute atomic E-state index is 0.102. The largest absolute Gasteiger partial charge is 0.370 e. The number of rotatable bonds is 4. The van der Waals surface area contributed by atoms with Gasteiger partial charge >= 0.3 is 0 Å². The minimum Gasteiger partial charge on any atom is -0.370 e. The molecule has 2 rings (SSSR count). The van der Waals surface area contributed by atoms with E-state index in [0.29, 0.717) is 22.9 Å². The van der Waals surface area contributed by atoms with Crippen LogP contribution in [0.25, 0.3) is 11.3 Å². The maximum absolute atomic E-state index is 13.9. The first-order valence-electron chi connectivity index (χ1n) is 6.58. The van der Waals surface area contributed by atoms with Gasteiger partial charge in [0.15, 0.2) is 0 Å². The fraction of sp³-hybridized carbons (Fsp3) is 0.333. The Morgan fingerprint density at radius 2 is 1.75 bits per heavy atom. The van der Waals surface area contributed by atoms with E-state index in [4.69, 9.17) is 0 Å². The molecular weight excluding hydrogens is 260 g/mol. The normalized spacial score (nSPS) is 10.7. The average molecular weight is 277 g/mol. The van der Waals surface area contributed by atoms with Crippen molar-refractivity contribution in [2.75, 3.05) is 11.9 Å². The van der Waals surface area contributed by atoms with Gasteiger partial charge in [-0.15, -0.1) is 0 Å². The third-order valence-corrected chi connectivity index (χ3v) is 3.00. The molecule has 0 aliphatic rings. The van der Waals surface area contributed by atoms with Crippen molar-refractivity contribution in [3.8, 4) is 11.3 Å². The molecule has 0 radical (unpaired) electrons. The molecule has 0 unspecified atom stereocenters. The highest BCUT2D eigenvalue weighted by molar-refractivity contribution is 5.69. The van der Waals surface area contributed by atoms with Crippen molar-refractivity contribution in [2.45, 2.75) is 27.2 Å². The number of aryl methyl sites for hydroxylation is 1. The van der Waals surface area contributed by atoms with Crippen molar-refractivity contribution in [2.24, 2.45) is 0 Å². The summed E-state index contributed by atoms with van der Waals surface area (Å²) < 4.78 is 27.8. The van der Waals surface area contributed by atoms with Gasteiger partial charge in [0.05, 0.1) is 11.3 Å². The lowest BCUT2D eigenvalue weighted by Gasteiger charge is -2.13. The van der Waals surface area contributed by atoms with Crippen LogP contribution >= 0.6 is 0 Å². The number of aromatic nitrogens is 2. The molecule has 5 heteroatoms.